The van der Waals surface area contributed by atoms with Crippen molar-refractivity contribution in [3.63, 3.8) is 0 Å². The summed E-state index contributed by atoms with van der Waals surface area (Å²) in [5.41, 5.74) is -0.359. The molecule has 0 spiro atoms. The number of hydrogen-bond acceptors (Lipinski definition) is 4. The summed E-state index contributed by atoms with van der Waals surface area (Å²) in [6.45, 7) is 12.3. The van der Waals surface area contributed by atoms with Gasteiger partial charge in [-0.1, -0.05) is 76.3 Å². The molecule has 0 radical (unpaired) electrons. The van der Waals surface area contributed by atoms with Crippen LogP contribution in [0.1, 0.15) is 52.5 Å². The van der Waals surface area contributed by atoms with Crippen LogP contribution in [0.2, 0.25) is 0 Å². The Morgan fingerprint density at radius 2 is 1.73 bits per heavy atom. The van der Waals surface area contributed by atoms with Crippen LogP contribution in [0, 0.1) is 5.41 Å². The van der Waals surface area contributed by atoms with Crippen LogP contribution in [0.3, 0.4) is 0 Å². The monoisotopic (exact) mass is 360 g/mol. The number of hydrogen-bond donors (Lipinski definition) is 0. The lowest BCUT2D eigenvalue weighted by Crippen LogP contribution is -2.28. The smallest absolute Gasteiger partial charge is 0.247 e. The Kier molecular flexibility index (Phi) is 8.66. The molecule has 2 rings (SSSR count). The first-order valence-corrected chi connectivity index (χ1v) is 12.1. The van der Waals surface area contributed by atoms with Crippen LogP contribution in [-0.2, 0) is 20.9 Å². The molecule has 1 heterocycles. The van der Waals surface area contributed by atoms with Gasteiger partial charge in [-0.2, -0.15) is 0 Å². The molecule has 1 aromatic rings. The van der Waals surface area contributed by atoms with Crippen LogP contribution >= 0.6 is 17.1 Å². The first-order chi connectivity index (χ1) is 10.3. The summed E-state index contributed by atoms with van der Waals surface area (Å²) in [7, 11) is 0. The van der Waals surface area contributed by atoms with Crippen molar-refractivity contribution in [2.24, 2.45) is 5.41 Å². The van der Waals surface area contributed by atoms with E-state index in [1.807, 2.05) is 0 Å². The maximum Gasteiger partial charge on any atom is 0.247 e. The molecule has 5 heteroatoms. The molecule has 0 amide bonds. The summed E-state index contributed by atoms with van der Waals surface area (Å²) in [4.78, 5) is 0. The topological polar surface area (TPSA) is 18.5 Å². The Balaban J connectivity index is 0.000000224. The molecular formula is C17H29O2PS2. The zero-order valence-electron chi connectivity index (χ0n) is 14.4. The second kappa shape index (κ2) is 9.44. The van der Waals surface area contributed by atoms with Crippen LogP contribution in [0.25, 0.3) is 0 Å². The molecule has 126 valence electrons. The molecule has 1 aliphatic rings. The molecule has 2 nitrogen and oxygen atoms in total. The van der Waals surface area contributed by atoms with Crippen LogP contribution in [0.5, 0.6) is 0 Å². The Hall–Kier alpha value is 0.140. The van der Waals surface area contributed by atoms with Gasteiger partial charge in [-0.05, 0) is 35.5 Å². The van der Waals surface area contributed by atoms with E-state index >= 15 is 0 Å². The van der Waals surface area contributed by atoms with Gasteiger partial charge in [-0.25, -0.2) is 0 Å². The third-order valence-corrected chi connectivity index (χ3v) is 8.90. The molecule has 0 aliphatic carbocycles. The highest BCUT2D eigenvalue weighted by molar-refractivity contribution is 8.67. The van der Waals surface area contributed by atoms with Crippen molar-refractivity contribution >= 4 is 28.9 Å². The van der Waals surface area contributed by atoms with E-state index in [1.54, 1.807) is 11.4 Å². The molecule has 1 aliphatic heterocycles. The normalized spacial score (nSPS) is 20.6. The summed E-state index contributed by atoms with van der Waals surface area (Å²) in [5, 5.41) is 0. The van der Waals surface area contributed by atoms with Gasteiger partial charge in [0.25, 0.3) is 0 Å². The second-order valence-corrected chi connectivity index (χ2v) is 12.9. The second-order valence-electron chi connectivity index (χ2n) is 6.30. The van der Waals surface area contributed by atoms with E-state index in [0.29, 0.717) is 5.92 Å². The zero-order valence-corrected chi connectivity index (χ0v) is 16.9. The third kappa shape index (κ3) is 7.14. The lowest BCUT2D eigenvalue weighted by Gasteiger charge is -2.35. The molecule has 0 aromatic heterocycles. The average molecular weight is 361 g/mol. The van der Waals surface area contributed by atoms with Crippen molar-refractivity contribution < 1.29 is 9.05 Å². The molecule has 0 bridgehead atoms. The van der Waals surface area contributed by atoms with Gasteiger partial charge in [0.1, 0.15) is 0 Å². The molecule has 1 saturated heterocycles. The fourth-order valence-electron chi connectivity index (χ4n) is 1.84. The maximum absolute atomic E-state index is 5.59. The largest absolute Gasteiger partial charge is 0.321 e. The molecule has 0 N–H and O–H groups in total. The zero-order chi connectivity index (χ0) is 16.6. The van der Waals surface area contributed by atoms with Gasteiger partial charge in [-0.3, -0.25) is 0 Å². The van der Waals surface area contributed by atoms with Crippen molar-refractivity contribution in [1.29, 1.82) is 0 Å². The van der Waals surface area contributed by atoms with E-state index in [2.05, 4.69) is 65.0 Å². The highest BCUT2D eigenvalue weighted by atomic mass is 32.9. The summed E-state index contributed by atoms with van der Waals surface area (Å²) < 4.78 is 11.2. The number of benzene rings is 1. The molecule has 22 heavy (non-hydrogen) atoms. The van der Waals surface area contributed by atoms with Gasteiger partial charge in [0, 0.05) is 5.41 Å². The van der Waals surface area contributed by atoms with E-state index in [1.165, 1.54) is 12.0 Å². The van der Waals surface area contributed by atoms with Crippen molar-refractivity contribution in [2.75, 3.05) is 19.0 Å². The molecule has 1 unspecified atom stereocenters. The Labute approximate surface area is 145 Å². The highest BCUT2D eigenvalue weighted by Gasteiger charge is 2.32. The number of rotatable bonds is 4. The van der Waals surface area contributed by atoms with Gasteiger partial charge >= 0.3 is 0 Å². The fourth-order valence-corrected chi connectivity index (χ4v) is 6.37. The summed E-state index contributed by atoms with van der Waals surface area (Å²) in [6.07, 6.45) is 1.23. The van der Waals surface area contributed by atoms with Crippen LogP contribution < -0.4 is 0 Å². The molecule has 1 aromatic carbocycles. The summed E-state index contributed by atoms with van der Waals surface area (Å²) in [6, 6.07) is 10.6. The fraction of sp³-hybridized carbons (Fsp3) is 0.647. The van der Waals surface area contributed by atoms with Crippen LogP contribution in [0.15, 0.2) is 30.3 Å². The first-order valence-electron chi connectivity index (χ1n) is 7.90. The van der Waals surface area contributed by atoms with Crippen molar-refractivity contribution in [1.82, 2.24) is 0 Å². The quantitative estimate of drug-likeness (QED) is 0.592. The van der Waals surface area contributed by atoms with E-state index < -0.39 is 5.69 Å². The minimum Gasteiger partial charge on any atom is -0.321 e. The minimum absolute atomic E-state index is 0.136. The lowest BCUT2D eigenvalue weighted by atomic mass is 9.97. The van der Waals surface area contributed by atoms with E-state index in [0.717, 1.165) is 19.0 Å². The molecular weight excluding hydrogens is 331 g/mol. The van der Waals surface area contributed by atoms with Gasteiger partial charge in [0.2, 0.25) is 5.69 Å². The van der Waals surface area contributed by atoms with E-state index in [-0.39, 0.29) is 5.41 Å². The SMILES string of the molecule is CCC(C)c1ccccc1.CCSP1(=S)OCC(C)(C)CO1. The molecule has 0 saturated carbocycles. The minimum atomic E-state index is -1.94. The summed E-state index contributed by atoms with van der Waals surface area (Å²) in [5.74, 6) is 1.68. The Morgan fingerprint density at radius 1 is 1.18 bits per heavy atom. The Bertz CT molecular complexity index is 463. The molecule has 1 atom stereocenters. The average Bonchev–Trinajstić information content (AvgIpc) is 2.52. The summed E-state index contributed by atoms with van der Waals surface area (Å²) >= 11 is 6.92. The lowest BCUT2D eigenvalue weighted by molar-refractivity contribution is 0.0672. The van der Waals surface area contributed by atoms with E-state index in [4.69, 9.17) is 20.9 Å². The predicted molar refractivity (Wildman–Crippen MR) is 103 cm³/mol. The van der Waals surface area contributed by atoms with Gasteiger partial charge < -0.3 is 9.05 Å². The van der Waals surface area contributed by atoms with Crippen LogP contribution in [0.4, 0.5) is 0 Å². The first kappa shape index (κ1) is 20.2. The van der Waals surface area contributed by atoms with Gasteiger partial charge in [-0.15, -0.1) is 0 Å². The maximum atomic E-state index is 5.59. The van der Waals surface area contributed by atoms with Crippen molar-refractivity contribution in [3.8, 4) is 0 Å². The highest BCUT2D eigenvalue weighted by Crippen LogP contribution is 2.64. The van der Waals surface area contributed by atoms with Crippen LogP contribution in [-0.4, -0.2) is 19.0 Å². The predicted octanol–water partition coefficient (Wildman–Crippen LogP) is 6.24. The van der Waals surface area contributed by atoms with Crippen molar-refractivity contribution in [3.05, 3.63) is 35.9 Å². The molecule has 1 fully saturated rings. The van der Waals surface area contributed by atoms with Gasteiger partial charge in [0.05, 0.1) is 13.2 Å². The van der Waals surface area contributed by atoms with Crippen molar-refractivity contribution in [2.45, 2.75) is 47.0 Å². The Morgan fingerprint density at radius 3 is 2.18 bits per heavy atom. The van der Waals surface area contributed by atoms with E-state index in [9.17, 15) is 0 Å². The standard InChI is InChI=1S/C10H14.C7H15O2PS2/c1-3-9(2)10-7-5-4-6-8-10;1-4-12-10(11)8-5-7(2,3)6-9-10/h4-9H,3H2,1-2H3;4-6H2,1-3H3. The van der Waals surface area contributed by atoms with Gasteiger partial charge in [0.15, 0.2) is 0 Å². The third-order valence-electron chi connectivity index (χ3n) is 3.49.